The molecule has 5 N–H and O–H groups in total. The third-order valence-electron chi connectivity index (χ3n) is 8.16. The van der Waals surface area contributed by atoms with Crippen LogP contribution in [0.25, 0.3) is 0 Å². The molecule has 3 rings (SSSR count). The number of benzene rings is 2. The molecule has 6 amide bonds. The smallest absolute Gasteiger partial charge is 0.429 e. The van der Waals surface area contributed by atoms with E-state index in [1.54, 1.807) is 50.2 Å². The Morgan fingerprint density at radius 2 is 1.53 bits per heavy atom. The highest BCUT2D eigenvalue weighted by molar-refractivity contribution is 6.12. The van der Waals surface area contributed by atoms with Crippen molar-refractivity contribution >= 4 is 47.3 Å². The molecule has 1 heterocycles. The number of urea groups is 1. The van der Waals surface area contributed by atoms with Crippen molar-refractivity contribution < 1.29 is 43.0 Å². The summed E-state index contributed by atoms with van der Waals surface area (Å²) in [5.41, 5.74) is 7.30. The van der Waals surface area contributed by atoms with E-state index < -0.39 is 30.1 Å². The summed E-state index contributed by atoms with van der Waals surface area (Å²) in [6.45, 7) is 5.98. The van der Waals surface area contributed by atoms with E-state index in [0.29, 0.717) is 42.7 Å². The molecule has 0 saturated carbocycles. The molecule has 0 spiro atoms. The van der Waals surface area contributed by atoms with Gasteiger partial charge in [0.25, 0.3) is 11.8 Å². The summed E-state index contributed by atoms with van der Waals surface area (Å²) in [4.78, 5) is 87.4. The van der Waals surface area contributed by atoms with Gasteiger partial charge < -0.3 is 31.2 Å². The third kappa shape index (κ3) is 14.1. The van der Waals surface area contributed by atoms with Crippen LogP contribution in [0.15, 0.2) is 60.7 Å². The zero-order valence-electron chi connectivity index (χ0n) is 29.3. The number of imide groups is 1. The molecule has 14 heteroatoms. The Bertz CT molecular complexity index is 1550. The number of hydrogen-bond acceptors (Lipinski definition) is 9. The first kappa shape index (κ1) is 39.9. The summed E-state index contributed by atoms with van der Waals surface area (Å²) in [6.07, 6.45) is 3.95. The molecule has 0 fully saturated rings. The van der Waals surface area contributed by atoms with Crippen molar-refractivity contribution in [2.45, 2.75) is 78.4 Å². The van der Waals surface area contributed by atoms with Crippen LogP contribution in [0, 0.1) is 18.8 Å². The van der Waals surface area contributed by atoms with Gasteiger partial charge in [0, 0.05) is 49.7 Å². The van der Waals surface area contributed by atoms with Crippen LogP contribution in [0.4, 0.5) is 15.3 Å². The van der Waals surface area contributed by atoms with Gasteiger partial charge >= 0.3 is 12.2 Å². The van der Waals surface area contributed by atoms with Gasteiger partial charge in [-0.25, -0.2) is 9.59 Å². The van der Waals surface area contributed by atoms with E-state index in [1.807, 2.05) is 19.1 Å². The van der Waals surface area contributed by atoms with Crippen LogP contribution in [-0.2, 0) is 35.3 Å². The lowest BCUT2D eigenvalue weighted by Crippen LogP contribution is -2.45. The molecule has 1 aliphatic heterocycles. The first-order valence-electron chi connectivity index (χ1n) is 17.0. The number of ketones is 1. The quantitative estimate of drug-likeness (QED) is 0.0670. The van der Waals surface area contributed by atoms with Gasteiger partial charge in [-0.2, -0.15) is 0 Å². The monoisotopic (exact) mass is 705 g/mol. The highest BCUT2D eigenvalue weighted by atomic mass is 16.7. The van der Waals surface area contributed by atoms with Gasteiger partial charge in [0.05, 0.1) is 6.04 Å². The number of Topliss-reactive ketones (excluding diaryl/α,β-unsaturated/α-hetero) is 1. The Morgan fingerprint density at radius 3 is 2.16 bits per heavy atom. The average molecular weight is 706 g/mol. The fourth-order valence-corrected chi connectivity index (χ4v) is 5.31. The van der Waals surface area contributed by atoms with Crippen LogP contribution in [-0.4, -0.2) is 65.6 Å². The van der Waals surface area contributed by atoms with Crippen LogP contribution in [0.3, 0.4) is 0 Å². The van der Waals surface area contributed by atoms with E-state index in [0.717, 1.165) is 10.5 Å². The van der Waals surface area contributed by atoms with E-state index in [9.17, 15) is 33.6 Å². The maximum absolute atomic E-state index is 13.5. The predicted octanol–water partition coefficient (Wildman–Crippen LogP) is 4.30. The number of nitrogens with one attached hydrogen (secondary N) is 3. The SMILES string of the molecule is Cc1ccc(OC(=O)OCc2ccc(NC(=O)[C@H](CCCNC(N)=O)CC(=O)[C@@H](NC(=O)CCCCCN3C(=O)C=CC3=O)C(C)C)cc2)cc1. The molecule has 0 radical (unpaired) electrons. The van der Waals surface area contributed by atoms with Gasteiger partial charge in [-0.1, -0.05) is 50.1 Å². The fraction of sp³-hybridized carbons (Fsp3) is 0.432. The fourth-order valence-electron chi connectivity index (χ4n) is 5.31. The molecular formula is C37H47N5O9. The summed E-state index contributed by atoms with van der Waals surface area (Å²) in [6, 6.07) is 12.1. The number of hydrogen-bond donors (Lipinski definition) is 4. The van der Waals surface area contributed by atoms with Crippen LogP contribution in [0.2, 0.25) is 0 Å². The van der Waals surface area contributed by atoms with Crippen molar-refractivity contribution in [1.29, 1.82) is 0 Å². The second kappa shape index (κ2) is 20.2. The van der Waals surface area contributed by atoms with Gasteiger partial charge in [0.15, 0.2) is 5.78 Å². The van der Waals surface area contributed by atoms with Gasteiger partial charge in [-0.3, -0.25) is 28.9 Å². The maximum Gasteiger partial charge on any atom is 0.514 e. The van der Waals surface area contributed by atoms with E-state index in [2.05, 4.69) is 16.0 Å². The molecule has 274 valence electrons. The van der Waals surface area contributed by atoms with E-state index >= 15 is 0 Å². The molecule has 2 aromatic rings. The Labute approximate surface area is 297 Å². The molecule has 14 nitrogen and oxygen atoms in total. The first-order valence-corrected chi connectivity index (χ1v) is 17.0. The number of anilines is 1. The van der Waals surface area contributed by atoms with Crippen molar-refractivity contribution in [1.82, 2.24) is 15.5 Å². The molecule has 1 aliphatic rings. The number of amides is 6. The normalized spacial score (nSPS) is 13.5. The zero-order chi connectivity index (χ0) is 37.3. The predicted molar refractivity (Wildman–Crippen MR) is 188 cm³/mol. The third-order valence-corrected chi connectivity index (χ3v) is 8.16. The molecule has 0 unspecified atom stereocenters. The molecule has 0 saturated heterocycles. The number of nitrogens with zero attached hydrogens (tertiary/aromatic N) is 1. The minimum atomic E-state index is -0.853. The van der Waals surface area contributed by atoms with Crippen molar-refractivity contribution in [2.24, 2.45) is 17.6 Å². The largest absolute Gasteiger partial charge is 0.514 e. The zero-order valence-corrected chi connectivity index (χ0v) is 29.3. The average Bonchev–Trinajstić information content (AvgIpc) is 3.41. The number of carbonyl (C=O) groups excluding carboxylic acids is 7. The first-order chi connectivity index (χ1) is 24.3. The molecule has 0 aliphatic carbocycles. The molecule has 2 atom stereocenters. The summed E-state index contributed by atoms with van der Waals surface area (Å²) in [7, 11) is 0. The summed E-state index contributed by atoms with van der Waals surface area (Å²) in [5.74, 6) is -2.35. The lowest BCUT2D eigenvalue weighted by Gasteiger charge is -2.24. The Balaban J connectivity index is 1.52. The minimum absolute atomic E-state index is 0.0520. The maximum atomic E-state index is 13.5. The minimum Gasteiger partial charge on any atom is -0.429 e. The van der Waals surface area contributed by atoms with E-state index in [1.165, 1.54) is 12.2 Å². The standard InChI is InChI=1S/C37H47N5O9/c1-24(2)34(41-31(44)9-5-4-6-21-42-32(45)18-19-33(42)46)30(43)22-27(8-7-20-39-36(38)48)35(47)40-28-14-12-26(13-15-28)23-50-37(49)51-29-16-10-25(3)11-17-29/h10-19,24,27,34H,4-9,20-23H2,1-3H3,(H,40,47)(H,41,44)(H3,38,39,48)/t27-,34+/m1/s1. The van der Waals surface area contributed by atoms with Crippen LogP contribution in [0.1, 0.15) is 69.9 Å². The number of ether oxygens (including phenoxy) is 2. The summed E-state index contributed by atoms with van der Waals surface area (Å²) < 4.78 is 10.3. The van der Waals surface area contributed by atoms with Crippen molar-refractivity contribution in [3.05, 3.63) is 71.8 Å². The molecular weight excluding hydrogens is 658 g/mol. The Kier molecular flexibility index (Phi) is 15.8. The van der Waals surface area contributed by atoms with Crippen molar-refractivity contribution in [3.8, 4) is 5.75 Å². The number of unbranched alkanes of at least 4 members (excludes halogenated alkanes) is 2. The number of rotatable bonds is 20. The number of carbonyl (C=O) groups is 7. The summed E-state index contributed by atoms with van der Waals surface area (Å²) in [5, 5.41) is 8.12. The molecule has 0 bridgehead atoms. The number of primary amides is 1. The van der Waals surface area contributed by atoms with Gasteiger partial charge in [-0.15, -0.1) is 0 Å². The van der Waals surface area contributed by atoms with Crippen LogP contribution < -0.4 is 26.4 Å². The summed E-state index contributed by atoms with van der Waals surface area (Å²) >= 11 is 0. The molecule has 0 aromatic heterocycles. The lowest BCUT2D eigenvalue weighted by molar-refractivity contribution is -0.137. The highest BCUT2D eigenvalue weighted by Crippen LogP contribution is 2.20. The van der Waals surface area contributed by atoms with E-state index in [-0.39, 0.29) is 68.4 Å². The highest BCUT2D eigenvalue weighted by Gasteiger charge is 2.29. The molecule has 51 heavy (non-hydrogen) atoms. The number of aryl methyl sites for hydroxylation is 1. The van der Waals surface area contributed by atoms with Crippen molar-refractivity contribution in [3.63, 3.8) is 0 Å². The second-order valence-electron chi connectivity index (χ2n) is 12.7. The lowest BCUT2D eigenvalue weighted by atomic mass is 9.89. The van der Waals surface area contributed by atoms with Gasteiger partial charge in [-0.05, 0) is 68.4 Å². The van der Waals surface area contributed by atoms with Crippen LogP contribution in [0.5, 0.6) is 5.75 Å². The van der Waals surface area contributed by atoms with Gasteiger partial charge in [0.2, 0.25) is 11.8 Å². The molecule has 2 aromatic carbocycles. The van der Waals surface area contributed by atoms with Crippen molar-refractivity contribution in [2.75, 3.05) is 18.4 Å². The van der Waals surface area contributed by atoms with Gasteiger partial charge in [0.1, 0.15) is 12.4 Å². The number of nitrogens with two attached hydrogens (primary N) is 1. The topological polar surface area (TPSA) is 203 Å². The second-order valence-corrected chi connectivity index (χ2v) is 12.7. The Hall–Kier alpha value is -5.53. The Morgan fingerprint density at radius 1 is 0.863 bits per heavy atom. The van der Waals surface area contributed by atoms with E-state index in [4.69, 9.17) is 15.2 Å². The van der Waals surface area contributed by atoms with Crippen LogP contribution >= 0.6 is 0 Å².